The third kappa shape index (κ3) is 5.30. The van der Waals surface area contributed by atoms with Crippen LogP contribution in [-0.2, 0) is 6.61 Å². The molecular weight excluding hydrogens is 517 g/mol. The monoisotopic (exact) mass is 537 g/mol. The molecule has 0 aliphatic carbocycles. The fourth-order valence-corrected chi connectivity index (χ4v) is 4.29. The maximum absolute atomic E-state index is 14.0. The standard InChI is InChI=1S/C30H20FN3O6/c31-26-7-2-1-4-20(26)17-38-22-6-3-5-19(14-22)28-24-13-12-23(15-27(24)40-29(33)25(28)16-32)39-30(35)18-8-10-21(11-9-18)34(36)37/h1-15,28H,17,33H2. The number of hydrogen-bond donors (Lipinski definition) is 1. The molecule has 0 bridgehead atoms. The van der Waals surface area contributed by atoms with Crippen molar-refractivity contribution in [1.29, 1.82) is 5.26 Å². The van der Waals surface area contributed by atoms with Crippen molar-refractivity contribution in [3.05, 3.63) is 141 Å². The number of benzene rings is 4. The van der Waals surface area contributed by atoms with E-state index in [0.717, 1.165) is 0 Å². The average Bonchev–Trinajstić information content (AvgIpc) is 2.96. The number of non-ortho nitro benzene ring substituents is 1. The number of nitriles is 1. The lowest BCUT2D eigenvalue weighted by Crippen LogP contribution is -2.21. The lowest BCUT2D eigenvalue weighted by Gasteiger charge is -2.27. The number of fused-ring (bicyclic) bond motifs is 1. The minimum atomic E-state index is -0.719. The molecule has 4 aromatic rings. The van der Waals surface area contributed by atoms with Gasteiger partial charge >= 0.3 is 5.97 Å². The van der Waals surface area contributed by atoms with Gasteiger partial charge in [-0.05, 0) is 42.0 Å². The lowest BCUT2D eigenvalue weighted by atomic mass is 9.83. The number of nitrogens with zero attached hydrogens (tertiary/aromatic N) is 2. The number of carbonyl (C=O) groups is 1. The van der Waals surface area contributed by atoms with Gasteiger partial charge in [0.15, 0.2) is 0 Å². The highest BCUT2D eigenvalue weighted by molar-refractivity contribution is 5.91. The van der Waals surface area contributed by atoms with Crippen LogP contribution in [0.15, 0.2) is 102 Å². The summed E-state index contributed by atoms with van der Waals surface area (Å²) in [6, 6.07) is 25.2. The number of ether oxygens (including phenoxy) is 3. The van der Waals surface area contributed by atoms with Gasteiger partial charge < -0.3 is 19.9 Å². The number of nitro benzene ring substituents is 1. The van der Waals surface area contributed by atoms with Gasteiger partial charge in [0, 0.05) is 29.3 Å². The van der Waals surface area contributed by atoms with Crippen LogP contribution in [0.5, 0.6) is 17.2 Å². The Hall–Kier alpha value is -5.69. The zero-order chi connectivity index (χ0) is 28.2. The molecule has 0 saturated carbocycles. The summed E-state index contributed by atoms with van der Waals surface area (Å²) in [6.45, 7) is 0.0209. The summed E-state index contributed by atoms with van der Waals surface area (Å²) in [5.41, 5.74) is 7.96. The Bertz CT molecular complexity index is 1690. The van der Waals surface area contributed by atoms with Crippen molar-refractivity contribution >= 4 is 11.7 Å². The van der Waals surface area contributed by atoms with Gasteiger partial charge in [-0.15, -0.1) is 0 Å². The number of nitro groups is 1. The number of allylic oxidation sites excluding steroid dienone is 1. The molecule has 198 valence electrons. The summed E-state index contributed by atoms with van der Waals surface area (Å²) in [6.07, 6.45) is 0. The van der Waals surface area contributed by atoms with E-state index in [1.807, 2.05) is 6.07 Å². The predicted octanol–water partition coefficient (Wildman–Crippen LogP) is 5.75. The van der Waals surface area contributed by atoms with Crippen LogP contribution in [0.2, 0.25) is 0 Å². The fourth-order valence-electron chi connectivity index (χ4n) is 4.29. The van der Waals surface area contributed by atoms with Crippen LogP contribution >= 0.6 is 0 Å². The van der Waals surface area contributed by atoms with E-state index in [-0.39, 0.29) is 46.6 Å². The average molecular weight is 538 g/mol. The number of halogens is 1. The quantitative estimate of drug-likeness (QED) is 0.136. The van der Waals surface area contributed by atoms with Crippen LogP contribution in [0.3, 0.4) is 0 Å². The summed E-state index contributed by atoms with van der Waals surface area (Å²) in [5, 5.41) is 20.7. The first-order valence-electron chi connectivity index (χ1n) is 12.0. The summed E-state index contributed by atoms with van der Waals surface area (Å²) in [5.74, 6) is -0.892. The minimum Gasteiger partial charge on any atom is -0.489 e. The molecule has 1 aliphatic rings. The van der Waals surface area contributed by atoms with E-state index in [0.29, 0.717) is 22.4 Å². The smallest absolute Gasteiger partial charge is 0.343 e. The molecule has 0 aromatic heterocycles. The van der Waals surface area contributed by atoms with Gasteiger partial charge in [0.05, 0.1) is 16.4 Å². The van der Waals surface area contributed by atoms with Crippen LogP contribution in [0.25, 0.3) is 0 Å². The molecule has 0 fully saturated rings. The van der Waals surface area contributed by atoms with Crippen molar-refractivity contribution in [2.24, 2.45) is 5.73 Å². The molecule has 0 radical (unpaired) electrons. The molecule has 10 heteroatoms. The summed E-state index contributed by atoms with van der Waals surface area (Å²) in [4.78, 5) is 22.9. The Kier molecular flexibility index (Phi) is 7.11. The third-order valence-corrected chi connectivity index (χ3v) is 6.26. The molecule has 0 saturated heterocycles. The first-order valence-corrected chi connectivity index (χ1v) is 12.0. The van der Waals surface area contributed by atoms with Gasteiger partial charge in [0.1, 0.15) is 41.3 Å². The maximum atomic E-state index is 14.0. The second-order valence-electron chi connectivity index (χ2n) is 8.77. The second kappa shape index (κ2) is 11.0. The number of esters is 1. The molecule has 4 aromatic carbocycles. The largest absolute Gasteiger partial charge is 0.489 e. The van der Waals surface area contributed by atoms with E-state index in [4.69, 9.17) is 19.9 Å². The molecule has 1 unspecified atom stereocenters. The number of hydrogen-bond acceptors (Lipinski definition) is 8. The normalized spacial score (nSPS) is 13.9. The van der Waals surface area contributed by atoms with E-state index >= 15 is 0 Å². The Balaban J connectivity index is 1.40. The number of carbonyl (C=O) groups excluding carboxylic acids is 1. The predicted molar refractivity (Wildman–Crippen MR) is 141 cm³/mol. The molecule has 1 atom stereocenters. The van der Waals surface area contributed by atoms with E-state index in [9.17, 15) is 24.6 Å². The molecule has 1 heterocycles. The zero-order valence-corrected chi connectivity index (χ0v) is 20.7. The molecule has 5 rings (SSSR count). The first kappa shape index (κ1) is 25.9. The van der Waals surface area contributed by atoms with Crippen LogP contribution in [0.4, 0.5) is 10.1 Å². The molecule has 0 spiro atoms. The van der Waals surface area contributed by atoms with E-state index in [1.165, 1.54) is 36.4 Å². The molecule has 1 aliphatic heterocycles. The highest BCUT2D eigenvalue weighted by atomic mass is 19.1. The fraction of sp³-hybridized carbons (Fsp3) is 0.0667. The van der Waals surface area contributed by atoms with Crippen molar-refractivity contribution in [2.45, 2.75) is 12.5 Å². The Morgan fingerprint density at radius 2 is 1.80 bits per heavy atom. The van der Waals surface area contributed by atoms with Crippen LogP contribution in [0.1, 0.15) is 33.0 Å². The number of nitrogens with two attached hydrogens (primary N) is 1. The van der Waals surface area contributed by atoms with Gasteiger partial charge in [-0.2, -0.15) is 5.26 Å². The molecule has 0 amide bonds. The van der Waals surface area contributed by atoms with Gasteiger partial charge in [0.25, 0.3) is 5.69 Å². The van der Waals surface area contributed by atoms with Crippen molar-refractivity contribution in [3.63, 3.8) is 0 Å². The van der Waals surface area contributed by atoms with E-state index < -0.39 is 16.8 Å². The highest BCUT2D eigenvalue weighted by Gasteiger charge is 2.31. The Morgan fingerprint density at radius 3 is 2.52 bits per heavy atom. The van der Waals surface area contributed by atoms with Crippen LogP contribution < -0.4 is 19.9 Å². The van der Waals surface area contributed by atoms with Crippen molar-refractivity contribution < 1.29 is 28.3 Å². The van der Waals surface area contributed by atoms with Crippen molar-refractivity contribution in [2.75, 3.05) is 0 Å². The molecule has 2 N–H and O–H groups in total. The van der Waals surface area contributed by atoms with Crippen molar-refractivity contribution in [1.82, 2.24) is 0 Å². The summed E-state index contributed by atoms with van der Waals surface area (Å²) < 4.78 is 31.0. The topological polar surface area (TPSA) is 138 Å². The summed E-state index contributed by atoms with van der Waals surface area (Å²) >= 11 is 0. The van der Waals surface area contributed by atoms with Gasteiger partial charge in [-0.1, -0.05) is 36.4 Å². The van der Waals surface area contributed by atoms with Gasteiger partial charge in [0.2, 0.25) is 5.88 Å². The van der Waals surface area contributed by atoms with Gasteiger partial charge in [-0.3, -0.25) is 10.1 Å². The van der Waals surface area contributed by atoms with Crippen LogP contribution in [0, 0.1) is 27.3 Å². The minimum absolute atomic E-state index is 0.0209. The molecular formula is C30H20FN3O6. The lowest BCUT2D eigenvalue weighted by molar-refractivity contribution is -0.384. The SMILES string of the molecule is N#CC1=C(N)Oc2cc(OC(=O)c3ccc([N+](=O)[O-])cc3)ccc2C1c1cccc(OCc2ccccc2F)c1. The molecule has 9 nitrogen and oxygen atoms in total. The van der Waals surface area contributed by atoms with Crippen molar-refractivity contribution in [3.8, 4) is 23.3 Å². The second-order valence-corrected chi connectivity index (χ2v) is 8.77. The van der Waals surface area contributed by atoms with Gasteiger partial charge in [-0.25, -0.2) is 9.18 Å². The maximum Gasteiger partial charge on any atom is 0.343 e. The first-order chi connectivity index (χ1) is 19.3. The Morgan fingerprint density at radius 1 is 1.02 bits per heavy atom. The number of rotatable bonds is 7. The third-order valence-electron chi connectivity index (χ3n) is 6.26. The summed E-state index contributed by atoms with van der Waals surface area (Å²) in [7, 11) is 0. The molecule has 40 heavy (non-hydrogen) atoms. The van der Waals surface area contributed by atoms with Crippen LogP contribution in [-0.4, -0.2) is 10.9 Å². The zero-order valence-electron chi connectivity index (χ0n) is 20.7. The van der Waals surface area contributed by atoms with E-state index in [2.05, 4.69) is 6.07 Å². The van der Waals surface area contributed by atoms with E-state index in [1.54, 1.807) is 48.5 Å². The Labute approximate surface area is 227 Å². The highest BCUT2D eigenvalue weighted by Crippen LogP contribution is 2.44.